The van der Waals surface area contributed by atoms with Gasteiger partial charge in [-0.15, -0.1) is 0 Å². The molecule has 2 aromatic rings. The van der Waals surface area contributed by atoms with Crippen LogP contribution in [0.1, 0.15) is 11.1 Å². The molecular weight excluding hydrogens is 432 g/mol. The topological polar surface area (TPSA) is 85.6 Å². The zero-order valence-corrected chi connectivity index (χ0v) is 15.3. The molecule has 0 spiro atoms. The quantitative estimate of drug-likeness (QED) is 0.551. The molecule has 2 atom stereocenters. The minimum absolute atomic E-state index is 0.0975. The predicted octanol–water partition coefficient (Wildman–Crippen LogP) is 4.01. The molecule has 1 saturated heterocycles. The summed E-state index contributed by atoms with van der Waals surface area (Å²) >= 11 is 0. The summed E-state index contributed by atoms with van der Waals surface area (Å²) < 4.78 is 84.9. The average molecular weight is 445 g/mol. The number of nitrogens with zero attached hydrogens (tertiary/aromatic N) is 2. The Labute approximate surface area is 171 Å². The minimum Gasteiger partial charge on any atom is -0.508 e. The number of phenolic OH excluding ortho intramolecular Hbond substituents is 1. The minimum atomic E-state index is -5.01. The third kappa shape index (κ3) is 4.83. The van der Waals surface area contributed by atoms with Crippen LogP contribution in [0.3, 0.4) is 0 Å². The fourth-order valence-electron chi connectivity index (χ4n) is 3.00. The first-order chi connectivity index (χ1) is 14.4. The third-order valence-corrected chi connectivity index (χ3v) is 4.41. The number of amides is 1. The average Bonchev–Trinajstić information content (AvgIpc) is 3.15. The maximum absolute atomic E-state index is 13.5. The van der Waals surface area contributed by atoms with Crippen LogP contribution in [-0.4, -0.2) is 36.1 Å². The molecule has 164 valence electrons. The molecule has 2 aromatic carbocycles. The molecule has 6 nitrogen and oxygen atoms in total. The second kappa shape index (κ2) is 7.99. The van der Waals surface area contributed by atoms with Crippen LogP contribution in [-0.2, 0) is 15.7 Å². The fraction of sp³-hybridized carbons (Fsp3) is 0.263. The van der Waals surface area contributed by atoms with Crippen LogP contribution in [0.5, 0.6) is 5.75 Å². The number of aromatic hydroxyl groups is 1. The van der Waals surface area contributed by atoms with Crippen molar-refractivity contribution in [3.05, 3.63) is 53.6 Å². The van der Waals surface area contributed by atoms with E-state index in [1.54, 1.807) is 0 Å². The van der Waals surface area contributed by atoms with Crippen molar-refractivity contribution in [2.24, 2.45) is 0 Å². The molecule has 2 N–H and O–H groups in total. The normalized spacial score (nSPS) is 19.2. The van der Waals surface area contributed by atoms with Crippen LogP contribution >= 0.6 is 0 Å². The zero-order valence-electron chi connectivity index (χ0n) is 15.3. The number of carbonyl (C=O) groups is 1. The number of nitriles is 1. The number of nitrogens with one attached hydrogen (secondary N) is 1. The Morgan fingerprint density at radius 1 is 1.13 bits per heavy atom. The molecule has 1 heterocycles. The Morgan fingerprint density at radius 3 is 2.32 bits per heavy atom. The summed E-state index contributed by atoms with van der Waals surface area (Å²) in [4.78, 5) is 12.8. The highest BCUT2D eigenvalue weighted by Gasteiger charge is 2.52. The van der Waals surface area contributed by atoms with E-state index in [0.717, 1.165) is 12.1 Å². The molecule has 0 aromatic heterocycles. The summed E-state index contributed by atoms with van der Waals surface area (Å²) in [6.07, 6.45) is -14.3. The SMILES string of the molecule is N#Cc1ccc(N2CC(C(=O)Nc3ccc(O)cc3)OC2C(F)(F)F)cc1C(F)(F)F. The van der Waals surface area contributed by atoms with Crippen LogP contribution in [0.2, 0.25) is 0 Å². The van der Waals surface area contributed by atoms with Gasteiger partial charge in [-0.2, -0.15) is 31.6 Å². The molecule has 0 bridgehead atoms. The Morgan fingerprint density at radius 2 is 1.77 bits per heavy atom. The lowest BCUT2D eigenvalue weighted by Gasteiger charge is -2.27. The molecule has 1 aliphatic heterocycles. The van der Waals surface area contributed by atoms with Gasteiger partial charge in [0.15, 0.2) is 6.10 Å². The highest BCUT2D eigenvalue weighted by molar-refractivity contribution is 5.95. The van der Waals surface area contributed by atoms with Gasteiger partial charge in [0.1, 0.15) is 5.75 Å². The standard InChI is InChI=1S/C19H13F6N3O3/c20-18(21,22)14-7-12(4-1-10(14)8-26)28-9-15(31-17(28)19(23,24)25)16(30)27-11-2-5-13(29)6-3-11/h1-7,15,17,29H,9H2,(H,27,30). The summed E-state index contributed by atoms with van der Waals surface area (Å²) in [5.74, 6) is -1.05. The van der Waals surface area contributed by atoms with Gasteiger partial charge in [0.05, 0.1) is 23.7 Å². The smallest absolute Gasteiger partial charge is 0.433 e. The first kappa shape index (κ1) is 22.2. The van der Waals surface area contributed by atoms with E-state index in [4.69, 9.17) is 10.00 Å². The van der Waals surface area contributed by atoms with Crippen LogP contribution in [0, 0.1) is 11.3 Å². The van der Waals surface area contributed by atoms with Crippen molar-refractivity contribution in [3.8, 4) is 11.8 Å². The number of hydrogen-bond acceptors (Lipinski definition) is 5. The molecule has 0 aliphatic carbocycles. The highest BCUT2D eigenvalue weighted by Crippen LogP contribution is 2.39. The maximum Gasteiger partial charge on any atom is 0.433 e. The first-order valence-corrected chi connectivity index (χ1v) is 8.60. The molecule has 2 unspecified atom stereocenters. The number of alkyl halides is 6. The summed E-state index contributed by atoms with van der Waals surface area (Å²) in [5, 5.41) is 20.4. The summed E-state index contributed by atoms with van der Waals surface area (Å²) in [7, 11) is 0. The van der Waals surface area contributed by atoms with Gasteiger partial charge in [-0.3, -0.25) is 4.79 Å². The second-order valence-electron chi connectivity index (χ2n) is 6.55. The van der Waals surface area contributed by atoms with E-state index in [9.17, 15) is 36.2 Å². The third-order valence-electron chi connectivity index (χ3n) is 4.41. The Kier molecular flexibility index (Phi) is 5.73. The number of anilines is 2. The Bertz CT molecular complexity index is 1010. The summed E-state index contributed by atoms with van der Waals surface area (Å²) in [5.41, 5.74) is -2.48. The van der Waals surface area contributed by atoms with E-state index in [1.807, 2.05) is 0 Å². The van der Waals surface area contributed by atoms with E-state index in [0.29, 0.717) is 11.0 Å². The number of carbonyl (C=O) groups excluding carboxylic acids is 1. The molecular formula is C19H13F6N3O3. The summed E-state index contributed by atoms with van der Waals surface area (Å²) in [6, 6.07) is 8.54. The Hall–Kier alpha value is -3.46. The molecule has 3 rings (SSSR count). The molecule has 31 heavy (non-hydrogen) atoms. The van der Waals surface area contributed by atoms with E-state index < -0.39 is 54.0 Å². The van der Waals surface area contributed by atoms with Gasteiger partial charge in [0, 0.05) is 11.4 Å². The summed E-state index contributed by atoms with van der Waals surface area (Å²) in [6.45, 7) is -0.683. The van der Waals surface area contributed by atoms with Crippen molar-refractivity contribution in [2.45, 2.75) is 24.7 Å². The van der Waals surface area contributed by atoms with Crippen molar-refractivity contribution in [2.75, 3.05) is 16.8 Å². The molecule has 1 fully saturated rings. The van der Waals surface area contributed by atoms with Crippen molar-refractivity contribution < 1.29 is 41.0 Å². The largest absolute Gasteiger partial charge is 0.508 e. The van der Waals surface area contributed by atoms with E-state index in [-0.39, 0.29) is 11.4 Å². The number of phenols is 1. The van der Waals surface area contributed by atoms with E-state index >= 15 is 0 Å². The molecule has 1 aliphatic rings. The predicted molar refractivity (Wildman–Crippen MR) is 95.0 cm³/mol. The number of rotatable bonds is 3. The van der Waals surface area contributed by atoms with Crippen LogP contribution in [0.15, 0.2) is 42.5 Å². The number of halogens is 6. The van der Waals surface area contributed by atoms with Gasteiger partial charge in [0.25, 0.3) is 5.91 Å². The molecule has 0 radical (unpaired) electrons. The maximum atomic E-state index is 13.5. The van der Waals surface area contributed by atoms with Gasteiger partial charge < -0.3 is 20.1 Å². The van der Waals surface area contributed by atoms with E-state index in [1.165, 1.54) is 30.3 Å². The zero-order chi connectivity index (χ0) is 23.0. The fourth-order valence-corrected chi connectivity index (χ4v) is 3.00. The van der Waals surface area contributed by atoms with Crippen molar-refractivity contribution >= 4 is 17.3 Å². The number of benzene rings is 2. The second-order valence-corrected chi connectivity index (χ2v) is 6.55. The molecule has 0 saturated carbocycles. The van der Waals surface area contributed by atoms with Crippen molar-refractivity contribution in [1.82, 2.24) is 0 Å². The van der Waals surface area contributed by atoms with Gasteiger partial charge >= 0.3 is 12.4 Å². The monoisotopic (exact) mass is 445 g/mol. The van der Waals surface area contributed by atoms with Crippen molar-refractivity contribution in [1.29, 1.82) is 5.26 Å². The number of hydrogen-bond donors (Lipinski definition) is 2. The van der Waals surface area contributed by atoms with Gasteiger partial charge in [-0.1, -0.05) is 0 Å². The Balaban J connectivity index is 1.90. The lowest BCUT2D eigenvalue weighted by Crippen LogP contribution is -2.42. The van der Waals surface area contributed by atoms with Gasteiger partial charge in [0.2, 0.25) is 6.23 Å². The van der Waals surface area contributed by atoms with Crippen LogP contribution in [0.4, 0.5) is 37.7 Å². The molecule has 12 heteroatoms. The van der Waals surface area contributed by atoms with Crippen LogP contribution < -0.4 is 10.2 Å². The van der Waals surface area contributed by atoms with Crippen molar-refractivity contribution in [3.63, 3.8) is 0 Å². The van der Waals surface area contributed by atoms with Crippen LogP contribution in [0.25, 0.3) is 0 Å². The highest BCUT2D eigenvalue weighted by atomic mass is 19.4. The van der Waals surface area contributed by atoms with E-state index in [2.05, 4.69) is 5.32 Å². The van der Waals surface area contributed by atoms with Gasteiger partial charge in [-0.05, 0) is 42.5 Å². The lowest BCUT2D eigenvalue weighted by atomic mass is 10.1. The van der Waals surface area contributed by atoms with Gasteiger partial charge in [-0.25, -0.2) is 0 Å². The lowest BCUT2D eigenvalue weighted by molar-refractivity contribution is -0.212. The molecule has 1 amide bonds. The number of ether oxygens (including phenoxy) is 1. The first-order valence-electron chi connectivity index (χ1n) is 8.60.